The van der Waals surface area contributed by atoms with E-state index in [-0.39, 0.29) is 27.7 Å². The maximum Gasteiger partial charge on any atom is 0.294 e. The van der Waals surface area contributed by atoms with Crippen LogP contribution >= 0.6 is 11.8 Å². The van der Waals surface area contributed by atoms with E-state index in [2.05, 4.69) is 5.32 Å². The average molecular weight is 467 g/mol. The summed E-state index contributed by atoms with van der Waals surface area (Å²) < 4.78 is 18.6. The molecule has 1 fully saturated rings. The van der Waals surface area contributed by atoms with Gasteiger partial charge in [0.1, 0.15) is 23.9 Å². The van der Waals surface area contributed by atoms with Crippen LogP contribution in [0.1, 0.15) is 5.76 Å². The minimum Gasteiger partial charge on any atom is -0.456 e. The van der Waals surface area contributed by atoms with Crippen LogP contribution in [0, 0.1) is 15.9 Å². The Balaban J connectivity index is 1.48. The van der Waals surface area contributed by atoms with Crippen molar-refractivity contribution in [1.82, 2.24) is 4.90 Å². The number of imide groups is 1. The lowest BCUT2D eigenvalue weighted by Gasteiger charge is -2.12. The van der Waals surface area contributed by atoms with E-state index in [0.29, 0.717) is 17.4 Å². The Morgan fingerprint density at radius 3 is 2.58 bits per heavy atom. The largest absolute Gasteiger partial charge is 0.456 e. The number of anilines is 1. The molecule has 3 amide bonds. The smallest absolute Gasteiger partial charge is 0.294 e. The first-order chi connectivity index (χ1) is 15.8. The lowest BCUT2D eigenvalue weighted by molar-refractivity contribution is -0.384. The van der Waals surface area contributed by atoms with E-state index >= 15 is 0 Å². The van der Waals surface area contributed by atoms with Gasteiger partial charge in [-0.1, -0.05) is 12.1 Å². The number of rotatable bonds is 6. The van der Waals surface area contributed by atoms with Crippen molar-refractivity contribution >= 4 is 46.3 Å². The van der Waals surface area contributed by atoms with Gasteiger partial charge in [0.25, 0.3) is 16.8 Å². The van der Waals surface area contributed by atoms with Gasteiger partial charge in [-0.3, -0.25) is 29.4 Å². The summed E-state index contributed by atoms with van der Waals surface area (Å²) in [7, 11) is 0. The van der Waals surface area contributed by atoms with Crippen molar-refractivity contribution in [2.45, 2.75) is 0 Å². The molecule has 1 aromatic heterocycles. The Morgan fingerprint density at radius 2 is 1.85 bits per heavy atom. The number of carbonyl (C=O) groups excluding carboxylic acids is 3. The van der Waals surface area contributed by atoms with Crippen molar-refractivity contribution in [1.29, 1.82) is 0 Å². The number of carbonyl (C=O) groups is 3. The van der Waals surface area contributed by atoms with Gasteiger partial charge in [0.2, 0.25) is 5.91 Å². The van der Waals surface area contributed by atoms with Crippen LogP contribution in [0.2, 0.25) is 0 Å². The van der Waals surface area contributed by atoms with Gasteiger partial charge in [-0.2, -0.15) is 0 Å². The molecule has 166 valence electrons. The number of halogens is 1. The van der Waals surface area contributed by atoms with Gasteiger partial charge in [-0.15, -0.1) is 0 Å². The highest BCUT2D eigenvalue weighted by Crippen LogP contribution is 2.35. The van der Waals surface area contributed by atoms with E-state index in [4.69, 9.17) is 4.42 Å². The number of benzene rings is 2. The summed E-state index contributed by atoms with van der Waals surface area (Å²) in [5.74, 6) is -1.33. The summed E-state index contributed by atoms with van der Waals surface area (Å²) in [5, 5.41) is 13.1. The summed E-state index contributed by atoms with van der Waals surface area (Å²) in [4.78, 5) is 48.6. The molecule has 4 rings (SSSR count). The van der Waals surface area contributed by atoms with Crippen molar-refractivity contribution < 1.29 is 28.1 Å². The number of nitro benzene ring substituents is 1. The normalized spacial score (nSPS) is 14.7. The summed E-state index contributed by atoms with van der Waals surface area (Å²) in [6.45, 7) is -0.515. The Morgan fingerprint density at radius 1 is 1.12 bits per heavy atom. The molecule has 1 aliphatic heterocycles. The molecule has 9 nitrogen and oxygen atoms in total. The molecule has 2 heterocycles. The predicted octanol–water partition coefficient (Wildman–Crippen LogP) is 4.67. The number of hydrogen-bond donors (Lipinski definition) is 1. The molecule has 2 aromatic carbocycles. The first-order valence-electron chi connectivity index (χ1n) is 9.46. The molecule has 0 atom stereocenters. The standard InChI is InChI=1S/C22H14FN3O6S/c23-13-5-7-14(8-6-13)24-20(27)12-25-21(28)19(33-22(25)29)11-15-9-10-18(32-15)16-3-1-2-4-17(16)26(30)31/h1-11H,12H2,(H,24,27)/b19-11-. The number of hydrogen-bond acceptors (Lipinski definition) is 7. The minimum atomic E-state index is -0.678. The van der Waals surface area contributed by atoms with E-state index < -0.39 is 34.3 Å². The van der Waals surface area contributed by atoms with Crippen LogP contribution in [0.4, 0.5) is 20.6 Å². The zero-order valence-corrected chi connectivity index (χ0v) is 17.5. The van der Waals surface area contributed by atoms with Crippen molar-refractivity contribution in [3.05, 3.63) is 87.3 Å². The maximum atomic E-state index is 13.0. The van der Waals surface area contributed by atoms with Crippen LogP contribution in [-0.2, 0) is 9.59 Å². The van der Waals surface area contributed by atoms with E-state index in [1.807, 2.05) is 0 Å². The van der Waals surface area contributed by atoms with Crippen molar-refractivity contribution in [3.63, 3.8) is 0 Å². The van der Waals surface area contributed by atoms with Gasteiger partial charge in [0.05, 0.1) is 15.4 Å². The molecule has 1 N–H and O–H groups in total. The first-order valence-corrected chi connectivity index (χ1v) is 10.3. The second-order valence-electron chi connectivity index (χ2n) is 6.80. The second-order valence-corrected chi connectivity index (χ2v) is 7.79. The van der Waals surface area contributed by atoms with Crippen molar-refractivity contribution in [2.75, 3.05) is 11.9 Å². The highest BCUT2D eigenvalue weighted by atomic mass is 32.2. The molecule has 0 radical (unpaired) electrons. The van der Waals surface area contributed by atoms with Crippen LogP contribution in [0.5, 0.6) is 0 Å². The predicted molar refractivity (Wildman–Crippen MR) is 119 cm³/mol. The van der Waals surface area contributed by atoms with E-state index in [9.17, 15) is 28.9 Å². The SMILES string of the molecule is O=C(CN1C(=O)S/C(=C\c2ccc(-c3ccccc3[N+](=O)[O-])o2)C1=O)Nc1ccc(F)cc1. The summed E-state index contributed by atoms with van der Waals surface area (Å²) in [6, 6.07) is 14.1. The number of furan rings is 1. The Hall–Kier alpha value is -4.25. The first kappa shape index (κ1) is 22.0. The molecule has 0 spiro atoms. The van der Waals surface area contributed by atoms with Gasteiger partial charge in [0, 0.05) is 17.8 Å². The highest BCUT2D eigenvalue weighted by molar-refractivity contribution is 8.18. The van der Waals surface area contributed by atoms with Crippen LogP contribution in [0.15, 0.2) is 70.0 Å². The highest BCUT2D eigenvalue weighted by Gasteiger charge is 2.36. The zero-order valence-electron chi connectivity index (χ0n) is 16.7. The second kappa shape index (κ2) is 9.09. The number of nitro groups is 1. The Bertz CT molecular complexity index is 1300. The van der Waals surface area contributed by atoms with Crippen molar-refractivity contribution in [2.24, 2.45) is 0 Å². The average Bonchev–Trinajstić information content (AvgIpc) is 3.35. The van der Waals surface area contributed by atoms with Crippen molar-refractivity contribution in [3.8, 4) is 11.3 Å². The van der Waals surface area contributed by atoms with Gasteiger partial charge >= 0.3 is 0 Å². The van der Waals surface area contributed by atoms with Gasteiger partial charge < -0.3 is 9.73 Å². The fourth-order valence-electron chi connectivity index (χ4n) is 3.06. The molecule has 11 heteroatoms. The van der Waals surface area contributed by atoms with E-state index in [1.54, 1.807) is 6.07 Å². The fourth-order valence-corrected chi connectivity index (χ4v) is 3.88. The molecule has 0 aliphatic carbocycles. The minimum absolute atomic E-state index is 0.0399. The quantitative estimate of drug-likeness (QED) is 0.317. The molecular weight excluding hydrogens is 453 g/mol. The maximum absolute atomic E-state index is 13.0. The van der Waals surface area contributed by atoms with Crippen LogP contribution in [-0.4, -0.2) is 33.4 Å². The van der Waals surface area contributed by atoms with Gasteiger partial charge in [-0.05, 0) is 54.2 Å². The monoisotopic (exact) mass is 467 g/mol. The van der Waals surface area contributed by atoms with E-state index in [1.165, 1.54) is 60.7 Å². The topological polar surface area (TPSA) is 123 Å². The number of nitrogens with one attached hydrogen (secondary N) is 1. The molecule has 3 aromatic rings. The fraction of sp³-hybridized carbons (Fsp3) is 0.0455. The molecule has 0 bridgehead atoms. The molecule has 1 saturated heterocycles. The number of para-hydroxylation sites is 1. The molecule has 1 aliphatic rings. The third-order valence-electron chi connectivity index (χ3n) is 4.57. The summed E-state index contributed by atoms with van der Waals surface area (Å²) >= 11 is 0.641. The summed E-state index contributed by atoms with van der Waals surface area (Å²) in [6.07, 6.45) is 1.33. The summed E-state index contributed by atoms with van der Waals surface area (Å²) in [5.41, 5.74) is 0.459. The lowest BCUT2D eigenvalue weighted by atomic mass is 10.1. The van der Waals surface area contributed by atoms with Crippen LogP contribution in [0.25, 0.3) is 17.4 Å². The number of amides is 3. The Labute approximate surface area is 190 Å². The molecular formula is C22H14FN3O6S. The van der Waals surface area contributed by atoms with Crippen LogP contribution in [0.3, 0.4) is 0 Å². The lowest BCUT2D eigenvalue weighted by Crippen LogP contribution is -2.36. The zero-order chi connectivity index (χ0) is 23.5. The molecule has 0 unspecified atom stereocenters. The van der Waals surface area contributed by atoms with Crippen LogP contribution < -0.4 is 5.32 Å². The third-order valence-corrected chi connectivity index (χ3v) is 5.48. The number of nitrogens with zero attached hydrogens (tertiary/aromatic N) is 2. The molecule has 0 saturated carbocycles. The third kappa shape index (κ3) is 4.83. The van der Waals surface area contributed by atoms with E-state index in [0.717, 1.165) is 4.90 Å². The molecule has 33 heavy (non-hydrogen) atoms. The number of thioether (sulfide) groups is 1. The van der Waals surface area contributed by atoms with Gasteiger partial charge in [-0.25, -0.2) is 4.39 Å². The Kier molecular flexibility index (Phi) is 6.05. The van der Waals surface area contributed by atoms with Gasteiger partial charge in [0.15, 0.2) is 0 Å².